The van der Waals surface area contributed by atoms with Crippen LogP contribution in [0.5, 0.6) is 0 Å². The molecule has 0 saturated carbocycles. The maximum Gasteiger partial charge on any atom is 0.217 e. The van der Waals surface area contributed by atoms with E-state index in [-0.39, 0.29) is 15.6 Å². The molecule has 0 radical (unpaired) electrons. The first kappa shape index (κ1) is 17.8. The van der Waals surface area contributed by atoms with Gasteiger partial charge in [0.1, 0.15) is 15.0 Å². The molecule has 0 saturated heterocycles. The van der Waals surface area contributed by atoms with Crippen LogP contribution in [0.1, 0.15) is 28.9 Å². The van der Waals surface area contributed by atoms with Crippen molar-refractivity contribution in [2.45, 2.75) is 42.8 Å². The lowest BCUT2D eigenvalue weighted by Crippen LogP contribution is -2.02. The van der Waals surface area contributed by atoms with E-state index in [0.717, 1.165) is 40.1 Å². The minimum Gasteiger partial charge on any atom is -0.361 e. The molecular formula is C17H19N3O3S2. The lowest BCUT2D eigenvalue weighted by Gasteiger charge is -2.09. The first-order valence-electron chi connectivity index (χ1n) is 7.84. The third kappa shape index (κ3) is 3.24. The van der Waals surface area contributed by atoms with Crippen molar-refractivity contribution in [2.75, 3.05) is 0 Å². The van der Waals surface area contributed by atoms with Crippen LogP contribution in [0.15, 0.2) is 38.0 Å². The van der Waals surface area contributed by atoms with Gasteiger partial charge in [0.05, 0.1) is 16.8 Å². The number of nitrogens with zero attached hydrogens (tertiary/aromatic N) is 2. The molecule has 0 amide bonds. The van der Waals surface area contributed by atoms with Crippen LogP contribution in [0.3, 0.4) is 0 Å². The zero-order valence-corrected chi connectivity index (χ0v) is 15.9. The van der Waals surface area contributed by atoms with Crippen molar-refractivity contribution in [3.8, 4) is 11.1 Å². The van der Waals surface area contributed by atoms with Crippen LogP contribution in [0.25, 0.3) is 11.1 Å². The van der Waals surface area contributed by atoms with Crippen molar-refractivity contribution in [2.24, 2.45) is 5.73 Å². The summed E-state index contributed by atoms with van der Waals surface area (Å²) in [6, 6.07) is 5.35. The molecular weight excluding hydrogens is 358 g/mol. The summed E-state index contributed by atoms with van der Waals surface area (Å²) in [5.74, 6) is 0.664. The molecule has 2 N–H and O–H groups in total. The molecule has 6 nitrogen and oxygen atoms in total. The molecule has 0 aliphatic heterocycles. The summed E-state index contributed by atoms with van der Waals surface area (Å²) in [5.41, 5.74) is 8.83. The highest BCUT2D eigenvalue weighted by molar-refractivity contribution is 7.93. The van der Waals surface area contributed by atoms with Gasteiger partial charge < -0.3 is 10.3 Å². The van der Waals surface area contributed by atoms with Gasteiger partial charge in [-0.2, -0.15) is 0 Å². The van der Waals surface area contributed by atoms with E-state index in [0.29, 0.717) is 10.8 Å². The Morgan fingerprint density at radius 2 is 2.00 bits per heavy atom. The molecule has 0 unspecified atom stereocenters. The van der Waals surface area contributed by atoms with Gasteiger partial charge >= 0.3 is 0 Å². The predicted molar refractivity (Wildman–Crippen MR) is 96.2 cm³/mol. The Labute approximate surface area is 150 Å². The van der Waals surface area contributed by atoms with Crippen LogP contribution >= 0.6 is 11.3 Å². The number of rotatable bonds is 5. The van der Waals surface area contributed by atoms with E-state index in [4.69, 9.17) is 10.3 Å². The number of sulfone groups is 1. The Kier molecular flexibility index (Phi) is 4.77. The van der Waals surface area contributed by atoms with Crippen LogP contribution in [0, 0.1) is 13.8 Å². The van der Waals surface area contributed by atoms with Crippen molar-refractivity contribution in [3.63, 3.8) is 0 Å². The van der Waals surface area contributed by atoms with Crippen LogP contribution < -0.4 is 5.73 Å². The highest BCUT2D eigenvalue weighted by atomic mass is 32.2. The summed E-state index contributed by atoms with van der Waals surface area (Å²) >= 11 is 1.10. The number of benzene rings is 1. The minimum atomic E-state index is -3.65. The molecule has 0 atom stereocenters. The lowest BCUT2D eigenvalue weighted by atomic mass is 10.0. The number of hydrogen-bond acceptors (Lipinski definition) is 7. The Morgan fingerprint density at radius 1 is 1.24 bits per heavy atom. The van der Waals surface area contributed by atoms with E-state index < -0.39 is 9.84 Å². The Bertz CT molecular complexity index is 1000. The van der Waals surface area contributed by atoms with Gasteiger partial charge in [-0.1, -0.05) is 18.1 Å². The molecule has 0 bridgehead atoms. The standard InChI is InChI=1S/C17H19N3O3S2/c1-4-12-5-13(17-10(2)20-23-11(17)3)7-14(6-12)25(21,22)16-9-19-15(8-18)24-16/h5-7,9H,4,8,18H2,1-3H3. The summed E-state index contributed by atoms with van der Waals surface area (Å²) in [6.45, 7) is 5.87. The van der Waals surface area contributed by atoms with E-state index in [9.17, 15) is 8.42 Å². The molecule has 0 aliphatic rings. The monoisotopic (exact) mass is 377 g/mol. The van der Waals surface area contributed by atoms with Gasteiger partial charge in [-0.25, -0.2) is 13.4 Å². The fourth-order valence-electron chi connectivity index (χ4n) is 2.69. The zero-order chi connectivity index (χ0) is 18.2. The van der Waals surface area contributed by atoms with Gasteiger partial charge in [0.15, 0.2) is 0 Å². The van der Waals surface area contributed by atoms with Gasteiger partial charge in [-0.05, 0) is 43.5 Å². The van der Waals surface area contributed by atoms with Crippen LogP contribution in [-0.2, 0) is 22.8 Å². The van der Waals surface area contributed by atoms with Gasteiger partial charge in [0.25, 0.3) is 0 Å². The fraction of sp³-hybridized carbons (Fsp3) is 0.294. The number of nitrogens with two attached hydrogens (primary N) is 1. The summed E-state index contributed by atoms with van der Waals surface area (Å²) in [6.07, 6.45) is 2.09. The average Bonchev–Trinajstić information content (AvgIpc) is 3.21. The van der Waals surface area contributed by atoms with Crippen LogP contribution in [0.4, 0.5) is 0 Å². The van der Waals surface area contributed by atoms with Crippen LogP contribution in [-0.4, -0.2) is 18.6 Å². The molecule has 8 heteroatoms. The smallest absolute Gasteiger partial charge is 0.217 e. The zero-order valence-electron chi connectivity index (χ0n) is 14.2. The third-order valence-electron chi connectivity index (χ3n) is 3.98. The second-order valence-electron chi connectivity index (χ2n) is 5.70. The molecule has 2 heterocycles. The van der Waals surface area contributed by atoms with Crippen molar-refractivity contribution in [1.82, 2.24) is 10.1 Å². The molecule has 0 fully saturated rings. The largest absolute Gasteiger partial charge is 0.361 e. The second kappa shape index (κ2) is 6.70. The summed E-state index contributed by atoms with van der Waals surface area (Å²) in [7, 11) is -3.65. The Balaban J connectivity index is 2.18. The van der Waals surface area contributed by atoms with E-state index in [1.807, 2.05) is 26.8 Å². The van der Waals surface area contributed by atoms with Crippen LogP contribution in [0.2, 0.25) is 0 Å². The quantitative estimate of drug-likeness (QED) is 0.732. The topological polar surface area (TPSA) is 99.1 Å². The van der Waals surface area contributed by atoms with E-state index >= 15 is 0 Å². The third-order valence-corrected chi connectivity index (χ3v) is 7.19. The summed E-state index contributed by atoms with van der Waals surface area (Å²) in [4.78, 5) is 4.30. The molecule has 3 aromatic rings. The van der Waals surface area contributed by atoms with Crippen molar-refractivity contribution < 1.29 is 12.9 Å². The molecule has 2 aromatic heterocycles. The molecule has 25 heavy (non-hydrogen) atoms. The van der Waals surface area contributed by atoms with Gasteiger partial charge in [0, 0.05) is 12.1 Å². The highest BCUT2D eigenvalue weighted by Crippen LogP contribution is 2.33. The second-order valence-corrected chi connectivity index (χ2v) is 8.99. The van der Waals surface area contributed by atoms with Crippen molar-refractivity contribution in [1.29, 1.82) is 0 Å². The molecule has 0 spiro atoms. The first-order valence-corrected chi connectivity index (χ1v) is 10.1. The first-order chi connectivity index (χ1) is 11.9. The number of thiazole rings is 1. The Hall–Kier alpha value is -2.03. The average molecular weight is 377 g/mol. The van der Waals surface area contributed by atoms with E-state index in [2.05, 4.69) is 10.1 Å². The molecule has 0 aliphatic carbocycles. The highest BCUT2D eigenvalue weighted by Gasteiger charge is 2.23. The molecule has 132 valence electrons. The molecule has 1 aromatic carbocycles. The SMILES string of the molecule is CCc1cc(-c2c(C)noc2C)cc(S(=O)(=O)c2cnc(CN)s2)c1. The number of hydrogen-bond donors (Lipinski definition) is 1. The maximum atomic E-state index is 13.0. The number of aryl methyl sites for hydroxylation is 3. The van der Waals surface area contributed by atoms with Crippen molar-refractivity contribution >= 4 is 21.2 Å². The molecule has 3 rings (SSSR count). The predicted octanol–water partition coefficient (Wildman–Crippen LogP) is 3.27. The normalized spacial score (nSPS) is 11.8. The van der Waals surface area contributed by atoms with Gasteiger partial charge in [-0.3, -0.25) is 0 Å². The van der Waals surface area contributed by atoms with E-state index in [1.165, 1.54) is 6.20 Å². The minimum absolute atomic E-state index is 0.200. The summed E-state index contributed by atoms with van der Waals surface area (Å²) in [5, 5.41) is 4.56. The summed E-state index contributed by atoms with van der Waals surface area (Å²) < 4.78 is 31.5. The van der Waals surface area contributed by atoms with Gasteiger partial charge in [0.2, 0.25) is 9.84 Å². The van der Waals surface area contributed by atoms with Crippen molar-refractivity contribution in [3.05, 3.63) is 46.4 Å². The maximum absolute atomic E-state index is 13.0. The van der Waals surface area contributed by atoms with Gasteiger partial charge in [-0.15, -0.1) is 11.3 Å². The Morgan fingerprint density at radius 3 is 2.56 bits per heavy atom. The lowest BCUT2D eigenvalue weighted by molar-refractivity contribution is 0.393. The number of aromatic nitrogens is 2. The van der Waals surface area contributed by atoms with E-state index in [1.54, 1.807) is 12.1 Å². The fourth-order valence-corrected chi connectivity index (χ4v) is 5.24.